The van der Waals surface area contributed by atoms with Gasteiger partial charge in [-0.1, -0.05) is 12.1 Å². The molecule has 0 bridgehead atoms. The number of likely N-dealkylation sites (N-methyl/N-ethyl adjacent to an activating group) is 1. The molecular weight excluding hydrogens is 262 g/mol. The number of carboxylic acids is 1. The molecule has 0 aliphatic carbocycles. The maximum atomic E-state index is 10.5. The van der Waals surface area contributed by atoms with Gasteiger partial charge in [0.05, 0.1) is 12.5 Å². The smallest absolute Gasteiger partial charge is 0.306 e. The van der Waals surface area contributed by atoms with Crippen LogP contribution in [0, 0.1) is 0 Å². The Kier molecular flexibility index (Phi) is 6.44. The zero-order chi connectivity index (χ0) is 15.1. The molecule has 0 saturated carbocycles. The lowest BCUT2D eigenvalue weighted by atomic mass is 10.0. The minimum Gasteiger partial charge on any atom is -0.492 e. The highest BCUT2D eigenvalue weighted by molar-refractivity contribution is 5.67. The largest absolute Gasteiger partial charge is 0.492 e. The number of benzene rings is 1. The zero-order valence-electron chi connectivity index (χ0n) is 11.7. The number of hydrogen-bond acceptors (Lipinski definition) is 5. The minimum atomic E-state index is -1.33. The Hall–Kier alpha value is -1.63. The fourth-order valence-corrected chi connectivity index (χ4v) is 1.62. The SMILES string of the molecule is CN(C)CCOc1ccc(C(O)C(O)CC(=O)O)cc1. The van der Waals surface area contributed by atoms with Crippen LogP contribution < -0.4 is 4.74 Å². The van der Waals surface area contributed by atoms with Gasteiger partial charge < -0.3 is 25.0 Å². The Morgan fingerprint density at radius 3 is 2.35 bits per heavy atom. The molecule has 112 valence electrons. The first-order valence-electron chi connectivity index (χ1n) is 6.35. The number of aliphatic hydroxyl groups excluding tert-OH is 2. The van der Waals surface area contributed by atoms with Crippen molar-refractivity contribution in [1.82, 2.24) is 4.90 Å². The van der Waals surface area contributed by atoms with Crippen LogP contribution in [0.4, 0.5) is 0 Å². The van der Waals surface area contributed by atoms with E-state index < -0.39 is 24.6 Å². The summed E-state index contributed by atoms with van der Waals surface area (Å²) in [7, 11) is 3.90. The lowest BCUT2D eigenvalue weighted by molar-refractivity contribution is -0.141. The van der Waals surface area contributed by atoms with E-state index in [0.29, 0.717) is 17.9 Å². The van der Waals surface area contributed by atoms with Crippen molar-refractivity contribution in [2.75, 3.05) is 27.2 Å². The van der Waals surface area contributed by atoms with E-state index in [1.807, 2.05) is 19.0 Å². The average Bonchev–Trinajstić information content (AvgIpc) is 2.37. The molecule has 3 N–H and O–H groups in total. The second-order valence-corrected chi connectivity index (χ2v) is 4.83. The van der Waals surface area contributed by atoms with Gasteiger partial charge in [-0.05, 0) is 31.8 Å². The van der Waals surface area contributed by atoms with Crippen molar-refractivity contribution in [1.29, 1.82) is 0 Å². The van der Waals surface area contributed by atoms with E-state index >= 15 is 0 Å². The second kappa shape index (κ2) is 7.84. The number of carbonyl (C=O) groups is 1. The fourth-order valence-electron chi connectivity index (χ4n) is 1.62. The summed E-state index contributed by atoms with van der Waals surface area (Å²) in [6, 6.07) is 6.59. The summed E-state index contributed by atoms with van der Waals surface area (Å²) >= 11 is 0. The number of aliphatic carboxylic acids is 1. The number of nitrogens with zero attached hydrogens (tertiary/aromatic N) is 1. The molecule has 6 nitrogen and oxygen atoms in total. The topological polar surface area (TPSA) is 90.2 Å². The molecule has 20 heavy (non-hydrogen) atoms. The predicted molar refractivity (Wildman–Crippen MR) is 73.7 cm³/mol. The highest BCUT2D eigenvalue weighted by Crippen LogP contribution is 2.21. The number of ether oxygens (including phenoxy) is 1. The van der Waals surface area contributed by atoms with Gasteiger partial charge in [-0.15, -0.1) is 0 Å². The average molecular weight is 283 g/mol. The van der Waals surface area contributed by atoms with Gasteiger partial charge in [0.15, 0.2) is 0 Å². The lowest BCUT2D eigenvalue weighted by Gasteiger charge is -2.17. The molecule has 0 saturated heterocycles. The summed E-state index contributed by atoms with van der Waals surface area (Å²) in [4.78, 5) is 12.5. The number of rotatable bonds is 8. The highest BCUT2D eigenvalue weighted by Gasteiger charge is 2.20. The molecule has 0 heterocycles. The molecule has 0 aromatic heterocycles. The zero-order valence-corrected chi connectivity index (χ0v) is 11.7. The van der Waals surface area contributed by atoms with Gasteiger partial charge in [-0.2, -0.15) is 0 Å². The Labute approximate surface area is 118 Å². The van der Waals surface area contributed by atoms with Crippen molar-refractivity contribution in [2.45, 2.75) is 18.6 Å². The van der Waals surface area contributed by atoms with E-state index in [1.54, 1.807) is 24.3 Å². The first-order chi connectivity index (χ1) is 9.40. The van der Waals surface area contributed by atoms with Gasteiger partial charge >= 0.3 is 5.97 Å². The van der Waals surface area contributed by atoms with E-state index in [9.17, 15) is 15.0 Å². The molecule has 1 aromatic rings. The molecule has 1 rings (SSSR count). The molecule has 6 heteroatoms. The molecular formula is C14H21NO5. The molecule has 0 radical (unpaired) electrons. The summed E-state index contributed by atoms with van der Waals surface area (Å²) in [5, 5.41) is 27.9. The van der Waals surface area contributed by atoms with Crippen LogP contribution in [0.25, 0.3) is 0 Å². The number of carboxylic acid groups (broad SMARTS) is 1. The summed E-state index contributed by atoms with van der Waals surface area (Å²) in [5.74, 6) is -0.490. The van der Waals surface area contributed by atoms with Crippen LogP contribution in [-0.4, -0.2) is 59.5 Å². The monoisotopic (exact) mass is 283 g/mol. The lowest BCUT2D eigenvalue weighted by Crippen LogP contribution is -2.21. The quantitative estimate of drug-likeness (QED) is 0.643. The van der Waals surface area contributed by atoms with Crippen LogP contribution in [0.5, 0.6) is 5.75 Å². The van der Waals surface area contributed by atoms with Crippen molar-refractivity contribution in [3.05, 3.63) is 29.8 Å². The first-order valence-corrected chi connectivity index (χ1v) is 6.35. The van der Waals surface area contributed by atoms with Crippen LogP contribution in [0.15, 0.2) is 24.3 Å². The van der Waals surface area contributed by atoms with Crippen molar-refractivity contribution in [3.8, 4) is 5.75 Å². The van der Waals surface area contributed by atoms with Crippen LogP contribution >= 0.6 is 0 Å². The standard InChI is InChI=1S/C14H21NO5/c1-15(2)7-8-20-11-5-3-10(4-6-11)14(19)12(16)9-13(17)18/h3-6,12,14,16,19H,7-9H2,1-2H3,(H,17,18). The van der Waals surface area contributed by atoms with Crippen molar-refractivity contribution in [2.24, 2.45) is 0 Å². The van der Waals surface area contributed by atoms with Crippen LogP contribution in [-0.2, 0) is 4.79 Å². The molecule has 0 amide bonds. The highest BCUT2D eigenvalue weighted by atomic mass is 16.5. The normalized spacial score (nSPS) is 14.1. The van der Waals surface area contributed by atoms with Crippen molar-refractivity contribution >= 4 is 5.97 Å². The maximum absolute atomic E-state index is 10.5. The first kappa shape index (κ1) is 16.4. The second-order valence-electron chi connectivity index (χ2n) is 4.83. The van der Waals surface area contributed by atoms with Gasteiger partial charge in [0, 0.05) is 6.54 Å². The van der Waals surface area contributed by atoms with Crippen LogP contribution in [0.2, 0.25) is 0 Å². The molecule has 0 fully saturated rings. The molecule has 2 unspecified atom stereocenters. The third-order valence-electron chi connectivity index (χ3n) is 2.78. The van der Waals surface area contributed by atoms with Gasteiger partial charge in [0.2, 0.25) is 0 Å². The fraction of sp³-hybridized carbons (Fsp3) is 0.500. The summed E-state index contributed by atoms with van der Waals surface area (Å²) < 4.78 is 5.50. The summed E-state index contributed by atoms with van der Waals surface area (Å²) in [6.07, 6.45) is -3.04. The summed E-state index contributed by atoms with van der Waals surface area (Å²) in [6.45, 7) is 1.35. The molecule has 0 aliphatic heterocycles. The van der Waals surface area contributed by atoms with E-state index in [-0.39, 0.29) is 0 Å². The molecule has 0 aliphatic rings. The third kappa shape index (κ3) is 5.56. The Morgan fingerprint density at radius 1 is 1.25 bits per heavy atom. The van der Waals surface area contributed by atoms with E-state index in [2.05, 4.69) is 0 Å². The number of hydrogen-bond donors (Lipinski definition) is 3. The van der Waals surface area contributed by atoms with E-state index in [0.717, 1.165) is 6.54 Å². The molecule has 0 spiro atoms. The van der Waals surface area contributed by atoms with Gasteiger partial charge in [0.1, 0.15) is 18.5 Å². The third-order valence-corrected chi connectivity index (χ3v) is 2.78. The predicted octanol–water partition coefficient (Wildman–Crippen LogP) is 0.496. The van der Waals surface area contributed by atoms with Crippen molar-refractivity contribution < 1.29 is 24.9 Å². The maximum Gasteiger partial charge on any atom is 0.306 e. The molecule has 2 atom stereocenters. The van der Waals surface area contributed by atoms with Crippen LogP contribution in [0.1, 0.15) is 18.1 Å². The Morgan fingerprint density at radius 2 is 1.85 bits per heavy atom. The Balaban J connectivity index is 2.54. The van der Waals surface area contributed by atoms with E-state index in [4.69, 9.17) is 9.84 Å². The van der Waals surface area contributed by atoms with Crippen LogP contribution in [0.3, 0.4) is 0 Å². The van der Waals surface area contributed by atoms with Gasteiger partial charge in [-0.3, -0.25) is 4.79 Å². The van der Waals surface area contributed by atoms with Gasteiger partial charge in [0.25, 0.3) is 0 Å². The van der Waals surface area contributed by atoms with Crippen molar-refractivity contribution in [3.63, 3.8) is 0 Å². The Bertz CT molecular complexity index is 418. The minimum absolute atomic E-state index is 0.457. The summed E-state index contributed by atoms with van der Waals surface area (Å²) in [5.41, 5.74) is 0.457. The van der Waals surface area contributed by atoms with E-state index in [1.165, 1.54) is 0 Å². The molecule has 1 aromatic carbocycles. The number of aliphatic hydroxyl groups is 2. The van der Waals surface area contributed by atoms with Gasteiger partial charge in [-0.25, -0.2) is 0 Å².